The number of carbonyl (C=O) groups excluding carboxylic acids is 1. The van der Waals surface area contributed by atoms with Gasteiger partial charge in [0.1, 0.15) is 6.54 Å². The van der Waals surface area contributed by atoms with Crippen LogP contribution >= 0.6 is 12.2 Å². The molecule has 0 spiro atoms. The Kier molecular flexibility index (Phi) is 4.08. The molecule has 15 heavy (non-hydrogen) atoms. The molecule has 1 aromatic heterocycles. The lowest BCUT2D eigenvalue weighted by atomic mass is 10.2. The highest BCUT2D eigenvalue weighted by Crippen LogP contribution is 1.97. The van der Waals surface area contributed by atoms with Crippen LogP contribution in [0.15, 0.2) is 6.20 Å². The van der Waals surface area contributed by atoms with Gasteiger partial charge in [0.2, 0.25) is 5.91 Å². The largest absolute Gasteiger partial charge is 0.354 e. The normalized spacial score (nSPS) is 10.7. The zero-order chi connectivity index (χ0) is 11.4. The van der Waals surface area contributed by atoms with Crippen molar-refractivity contribution >= 4 is 18.1 Å². The minimum Gasteiger partial charge on any atom is -0.354 e. The maximum atomic E-state index is 11.5. The van der Waals surface area contributed by atoms with Gasteiger partial charge in [0.25, 0.3) is 0 Å². The van der Waals surface area contributed by atoms with Crippen molar-refractivity contribution in [2.45, 2.75) is 27.3 Å². The number of aryl methyl sites for hydroxylation is 1. The summed E-state index contributed by atoms with van der Waals surface area (Å²) in [4.78, 5) is 14.5. The average Bonchev–Trinajstić information content (AvgIpc) is 2.42. The van der Waals surface area contributed by atoms with E-state index in [0.717, 1.165) is 5.69 Å². The molecule has 1 heterocycles. The van der Waals surface area contributed by atoms with Crippen LogP contribution in [-0.4, -0.2) is 22.0 Å². The summed E-state index contributed by atoms with van der Waals surface area (Å²) in [6.45, 7) is 7.03. The van der Waals surface area contributed by atoms with E-state index in [0.29, 0.717) is 17.2 Å². The van der Waals surface area contributed by atoms with Crippen LogP contribution in [0.3, 0.4) is 0 Å². The van der Waals surface area contributed by atoms with Gasteiger partial charge in [-0.2, -0.15) is 0 Å². The predicted octanol–water partition coefficient (Wildman–Crippen LogP) is 1.63. The van der Waals surface area contributed by atoms with E-state index in [2.05, 4.69) is 24.1 Å². The van der Waals surface area contributed by atoms with Crippen LogP contribution in [0, 0.1) is 17.6 Å². The molecule has 0 bridgehead atoms. The molecule has 0 aliphatic heterocycles. The number of amides is 1. The number of hydrogen-bond donors (Lipinski definition) is 2. The summed E-state index contributed by atoms with van der Waals surface area (Å²) in [5, 5.41) is 2.85. The Balaban J connectivity index is 2.51. The van der Waals surface area contributed by atoms with E-state index in [9.17, 15) is 4.79 Å². The highest BCUT2D eigenvalue weighted by molar-refractivity contribution is 7.71. The number of nitrogens with one attached hydrogen (secondary N) is 2. The topological polar surface area (TPSA) is 49.8 Å². The van der Waals surface area contributed by atoms with Gasteiger partial charge in [-0.3, -0.25) is 4.79 Å². The van der Waals surface area contributed by atoms with Crippen molar-refractivity contribution in [3.8, 4) is 0 Å². The van der Waals surface area contributed by atoms with Gasteiger partial charge >= 0.3 is 0 Å². The molecule has 0 aliphatic rings. The minimum atomic E-state index is -0.00111. The summed E-state index contributed by atoms with van der Waals surface area (Å²) in [5.74, 6) is 0.466. The Hall–Kier alpha value is -1.10. The van der Waals surface area contributed by atoms with Gasteiger partial charge in [-0.05, 0) is 25.1 Å². The van der Waals surface area contributed by atoms with Crippen LogP contribution < -0.4 is 5.32 Å². The molecule has 1 aromatic rings. The summed E-state index contributed by atoms with van der Waals surface area (Å²) in [5.41, 5.74) is 0.969. The Morgan fingerprint density at radius 2 is 2.33 bits per heavy atom. The predicted molar refractivity (Wildman–Crippen MR) is 62.2 cm³/mol. The molecular weight excluding hydrogens is 210 g/mol. The molecule has 0 aliphatic carbocycles. The van der Waals surface area contributed by atoms with Crippen LogP contribution in [0.1, 0.15) is 19.5 Å². The Labute approximate surface area is 94.7 Å². The first-order valence-electron chi connectivity index (χ1n) is 5.02. The second kappa shape index (κ2) is 5.11. The van der Waals surface area contributed by atoms with Crippen molar-refractivity contribution in [3.63, 3.8) is 0 Å². The second-order valence-electron chi connectivity index (χ2n) is 4.07. The molecule has 1 rings (SSSR count). The van der Waals surface area contributed by atoms with Crippen molar-refractivity contribution in [2.24, 2.45) is 5.92 Å². The molecule has 2 N–H and O–H groups in total. The molecule has 5 heteroatoms. The first-order valence-corrected chi connectivity index (χ1v) is 5.42. The molecule has 0 saturated heterocycles. The molecule has 0 unspecified atom stereocenters. The molecule has 84 valence electrons. The molecule has 0 radical (unpaired) electrons. The second-order valence-corrected chi connectivity index (χ2v) is 4.45. The van der Waals surface area contributed by atoms with Gasteiger partial charge in [-0.15, -0.1) is 0 Å². The van der Waals surface area contributed by atoms with Gasteiger partial charge in [0, 0.05) is 18.4 Å². The first-order chi connectivity index (χ1) is 6.99. The molecule has 0 atom stereocenters. The third kappa shape index (κ3) is 3.87. The van der Waals surface area contributed by atoms with Crippen molar-refractivity contribution in [3.05, 3.63) is 16.7 Å². The van der Waals surface area contributed by atoms with E-state index in [1.54, 1.807) is 4.57 Å². The fourth-order valence-electron chi connectivity index (χ4n) is 1.21. The number of hydrogen-bond acceptors (Lipinski definition) is 2. The average molecular weight is 227 g/mol. The highest BCUT2D eigenvalue weighted by Gasteiger charge is 2.04. The summed E-state index contributed by atoms with van der Waals surface area (Å²) >= 11 is 5.05. The molecule has 1 amide bonds. The number of rotatable bonds is 4. The number of aromatic nitrogens is 2. The van der Waals surface area contributed by atoms with E-state index >= 15 is 0 Å². The standard InChI is InChI=1S/C10H17N3OS/c1-7(2)4-11-9(14)6-13-5-8(3)12-10(13)15/h5,7H,4,6H2,1-3H3,(H,11,14)(H,12,15). The van der Waals surface area contributed by atoms with Crippen LogP contribution in [0.4, 0.5) is 0 Å². The van der Waals surface area contributed by atoms with Gasteiger partial charge in [0.15, 0.2) is 4.77 Å². The van der Waals surface area contributed by atoms with Gasteiger partial charge in [0.05, 0.1) is 0 Å². The zero-order valence-corrected chi connectivity index (χ0v) is 10.1. The number of nitrogens with zero attached hydrogens (tertiary/aromatic N) is 1. The SMILES string of the molecule is Cc1cn(CC(=O)NCC(C)C)c(=S)[nH]1. The number of H-pyrrole nitrogens is 1. The number of aromatic amines is 1. The lowest BCUT2D eigenvalue weighted by Gasteiger charge is -2.07. The van der Waals surface area contributed by atoms with Crippen molar-refractivity contribution < 1.29 is 4.79 Å². The fraction of sp³-hybridized carbons (Fsp3) is 0.600. The van der Waals surface area contributed by atoms with Crippen molar-refractivity contribution in [1.29, 1.82) is 0 Å². The molecular formula is C10H17N3OS. The summed E-state index contributed by atoms with van der Waals surface area (Å²) < 4.78 is 2.33. The monoisotopic (exact) mass is 227 g/mol. The Morgan fingerprint density at radius 1 is 1.67 bits per heavy atom. The Morgan fingerprint density at radius 3 is 2.80 bits per heavy atom. The molecule has 0 fully saturated rings. The van der Waals surface area contributed by atoms with Gasteiger partial charge in [-0.1, -0.05) is 13.8 Å². The smallest absolute Gasteiger partial charge is 0.240 e. The maximum absolute atomic E-state index is 11.5. The third-order valence-electron chi connectivity index (χ3n) is 1.94. The lowest BCUT2D eigenvalue weighted by molar-refractivity contribution is -0.121. The van der Waals surface area contributed by atoms with Crippen LogP contribution in [0.25, 0.3) is 0 Å². The van der Waals surface area contributed by atoms with Crippen LogP contribution in [0.2, 0.25) is 0 Å². The van der Waals surface area contributed by atoms with Gasteiger partial charge in [-0.25, -0.2) is 0 Å². The molecule has 0 aromatic carbocycles. The number of imidazole rings is 1. The number of carbonyl (C=O) groups is 1. The molecule has 4 nitrogen and oxygen atoms in total. The first kappa shape index (κ1) is 12.0. The van der Waals surface area contributed by atoms with Crippen molar-refractivity contribution in [2.75, 3.05) is 6.54 Å². The maximum Gasteiger partial charge on any atom is 0.240 e. The summed E-state index contributed by atoms with van der Waals surface area (Å²) in [6.07, 6.45) is 1.84. The van der Waals surface area contributed by atoms with E-state index < -0.39 is 0 Å². The van der Waals surface area contributed by atoms with Crippen LogP contribution in [0.5, 0.6) is 0 Å². The Bertz CT molecular complexity index is 392. The highest BCUT2D eigenvalue weighted by atomic mass is 32.1. The van der Waals surface area contributed by atoms with Crippen molar-refractivity contribution in [1.82, 2.24) is 14.9 Å². The fourth-order valence-corrected chi connectivity index (χ4v) is 1.49. The summed E-state index contributed by atoms with van der Waals surface area (Å²) in [6, 6.07) is 0. The quantitative estimate of drug-likeness (QED) is 0.768. The van der Waals surface area contributed by atoms with Crippen LogP contribution in [-0.2, 0) is 11.3 Å². The van der Waals surface area contributed by atoms with E-state index in [-0.39, 0.29) is 12.5 Å². The summed E-state index contributed by atoms with van der Waals surface area (Å²) in [7, 11) is 0. The third-order valence-corrected chi connectivity index (χ3v) is 2.27. The van der Waals surface area contributed by atoms with E-state index in [4.69, 9.17) is 12.2 Å². The van der Waals surface area contributed by atoms with E-state index in [1.807, 2.05) is 13.1 Å². The van der Waals surface area contributed by atoms with E-state index in [1.165, 1.54) is 0 Å². The van der Waals surface area contributed by atoms with Gasteiger partial charge < -0.3 is 14.9 Å². The zero-order valence-electron chi connectivity index (χ0n) is 9.33. The lowest BCUT2D eigenvalue weighted by Crippen LogP contribution is -2.30. The molecule has 0 saturated carbocycles. The minimum absolute atomic E-state index is 0.00111.